The van der Waals surface area contributed by atoms with Crippen molar-refractivity contribution >= 4 is 11.8 Å². The molecule has 0 fully saturated rings. The number of hydrogen-bond acceptors (Lipinski definition) is 7. The van der Waals surface area contributed by atoms with E-state index in [0.29, 0.717) is 12.2 Å². The van der Waals surface area contributed by atoms with Crippen molar-refractivity contribution in [1.29, 1.82) is 0 Å². The number of nitrogens with zero attached hydrogens (tertiary/aromatic N) is 3. The van der Waals surface area contributed by atoms with Gasteiger partial charge >= 0.3 is 0 Å². The maximum absolute atomic E-state index is 9.25. The summed E-state index contributed by atoms with van der Waals surface area (Å²) in [5.41, 5.74) is 0.748. The fourth-order valence-corrected chi connectivity index (χ4v) is 2.47. The first-order valence-corrected chi connectivity index (χ1v) is 8.79. The van der Waals surface area contributed by atoms with E-state index in [9.17, 15) is 15.3 Å². The van der Waals surface area contributed by atoms with E-state index < -0.39 is 5.41 Å². The monoisotopic (exact) mass is 353 g/mol. The summed E-state index contributed by atoms with van der Waals surface area (Å²) < 4.78 is 7.18. The van der Waals surface area contributed by atoms with Crippen LogP contribution in [0.3, 0.4) is 0 Å². The predicted molar refractivity (Wildman–Crippen MR) is 90.7 cm³/mol. The van der Waals surface area contributed by atoms with Crippen LogP contribution in [0.25, 0.3) is 0 Å². The summed E-state index contributed by atoms with van der Waals surface area (Å²) in [6, 6.07) is 8.25. The summed E-state index contributed by atoms with van der Waals surface area (Å²) in [6.45, 7) is -0.182. The molecule has 24 heavy (non-hydrogen) atoms. The zero-order chi connectivity index (χ0) is 17.4. The molecule has 7 nitrogen and oxygen atoms in total. The lowest BCUT2D eigenvalue weighted by atomic mass is 9.93. The lowest BCUT2D eigenvalue weighted by Gasteiger charge is -2.26. The zero-order valence-electron chi connectivity index (χ0n) is 13.6. The summed E-state index contributed by atoms with van der Waals surface area (Å²) in [4.78, 5) is 1.21. The summed E-state index contributed by atoms with van der Waals surface area (Å²) in [5, 5.41) is 35.8. The van der Waals surface area contributed by atoms with Crippen LogP contribution in [0.15, 0.2) is 35.4 Å². The minimum Gasteiger partial charge on any atom is -0.396 e. The fourth-order valence-electron chi connectivity index (χ4n) is 2.06. The highest BCUT2D eigenvalue weighted by Gasteiger charge is 2.28. The standard InChI is InChI=1S/C16H23N3O4S/c1-24-15-4-2-13(3-5-15)6-19-7-14(17-18-19)8-23-12-16(9-20,10-21)11-22/h2-5,7,20-22H,6,8-12H2,1H3. The number of ether oxygens (including phenoxy) is 1. The third-order valence-electron chi connectivity index (χ3n) is 3.75. The summed E-state index contributed by atoms with van der Waals surface area (Å²) in [6.07, 6.45) is 3.83. The van der Waals surface area contributed by atoms with Crippen LogP contribution in [0.4, 0.5) is 0 Å². The zero-order valence-corrected chi connectivity index (χ0v) is 14.4. The second-order valence-electron chi connectivity index (χ2n) is 5.72. The minimum absolute atomic E-state index is 0.0412. The Hall–Kier alpha value is -1.45. The van der Waals surface area contributed by atoms with Gasteiger partial charge in [0.15, 0.2) is 0 Å². The quantitative estimate of drug-likeness (QED) is 0.536. The Morgan fingerprint density at radius 1 is 1.12 bits per heavy atom. The molecule has 1 aromatic carbocycles. The maximum atomic E-state index is 9.25. The molecule has 0 aliphatic heterocycles. The number of rotatable bonds is 10. The fraction of sp³-hybridized carbons (Fsp3) is 0.500. The summed E-state index contributed by atoms with van der Waals surface area (Å²) >= 11 is 1.70. The van der Waals surface area contributed by atoms with E-state index in [2.05, 4.69) is 34.6 Å². The van der Waals surface area contributed by atoms with Gasteiger partial charge in [-0.1, -0.05) is 17.3 Å². The van der Waals surface area contributed by atoms with Crippen molar-refractivity contribution in [3.63, 3.8) is 0 Å². The van der Waals surface area contributed by atoms with Crippen LogP contribution in [0.1, 0.15) is 11.3 Å². The largest absolute Gasteiger partial charge is 0.396 e. The highest BCUT2D eigenvalue weighted by Crippen LogP contribution is 2.17. The van der Waals surface area contributed by atoms with Crippen LogP contribution in [-0.2, 0) is 17.9 Å². The van der Waals surface area contributed by atoms with E-state index in [-0.39, 0.29) is 33.0 Å². The van der Waals surface area contributed by atoms with Gasteiger partial charge in [-0.25, -0.2) is 4.68 Å². The van der Waals surface area contributed by atoms with Crippen molar-refractivity contribution in [2.24, 2.45) is 5.41 Å². The second kappa shape index (κ2) is 9.14. The molecule has 0 bridgehead atoms. The topological polar surface area (TPSA) is 101 Å². The molecule has 132 valence electrons. The smallest absolute Gasteiger partial charge is 0.108 e. The summed E-state index contributed by atoms with van der Waals surface area (Å²) in [5.74, 6) is 0. The number of aliphatic hydroxyl groups excluding tert-OH is 3. The Balaban J connectivity index is 1.86. The van der Waals surface area contributed by atoms with Gasteiger partial charge in [-0.15, -0.1) is 16.9 Å². The lowest BCUT2D eigenvalue weighted by molar-refractivity contribution is -0.0626. The minimum atomic E-state index is -1.03. The Kier molecular flexibility index (Phi) is 7.19. The molecule has 0 saturated heterocycles. The average molecular weight is 353 g/mol. The maximum Gasteiger partial charge on any atom is 0.108 e. The molecule has 0 spiro atoms. The van der Waals surface area contributed by atoms with Crippen molar-refractivity contribution in [1.82, 2.24) is 15.0 Å². The van der Waals surface area contributed by atoms with Crippen molar-refractivity contribution in [3.8, 4) is 0 Å². The molecular weight excluding hydrogens is 330 g/mol. The first-order valence-electron chi connectivity index (χ1n) is 7.57. The Bertz CT molecular complexity index is 606. The van der Waals surface area contributed by atoms with E-state index >= 15 is 0 Å². The third kappa shape index (κ3) is 5.02. The lowest BCUT2D eigenvalue weighted by Crippen LogP contribution is -2.38. The van der Waals surface area contributed by atoms with Gasteiger partial charge in [-0.05, 0) is 24.0 Å². The van der Waals surface area contributed by atoms with Crippen LogP contribution in [0.2, 0.25) is 0 Å². The van der Waals surface area contributed by atoms with Gasteiger partial charge in [0, 0.05) is 4.90 Å². The third-order valence-corrected chi connectivity index (χ3v) is 4.50. The number of hydrogen-bond donors (Lipinski definition) is 3. The Morgan fingerprint density at radius 2 is 1.79 bits per heavy atom. The normalized spacial score (nSPS) is 11.8. The number of thioether (sulfide) groups is 1. The number of aliphatic hydroxyl groups is 3. The van der Waals surface area contributed by atoms with Crippen LogP contribution in [0, 0.1) is 5.41 Å². The Morgan fingerprint density at radius 3 is 2.38 bits per heavy atom. The molecule has 0 atom stereocenters. The van der Waals surface area contributed by atoms with Crippen molar-refractivity contribution in [2.45, 2.75) is 18.0 Å². The van der Waals surface area contributed by atoms with E-state index in [1.165, 1.54) is 4.90 Å². The molecular formula is C16H23N3O4S. The van der Waals surface area contributed by atoms with Crippen LogP contribution in [-0.4, -0.2) is 63.0 Å². The van der Waals surface area contributed by atoms with Gasteiger partial charge in [-0.3, -0.25) is 0 Å². The number of benzene rings is 1. The first kappa shape index (κ1) is 18.9. The summed E-state index contributed by atoms with van der Waals surface area (Å²) in [7, 11) is 0. The van der Waals surface area contributed by atoms with Gasteiger partial charge in [0.25, 0.3) is 0 Å². The predicted octanol–water partition coefficient (Wildman–Crippen LogP) is 0.528. The molecule has 2 rings (SSSR count). The molecule has 3 N–H and O–H groups in total. The van der Waals surface area contributed by atoms with E-state index in [4.69, 9.17) is 4.74 Å². The number of aromatic nitrogens is 3. The molecule has 8 heteroatoms. The van der Waals surface area contributed by atoms with E-state index in [0.717, 1.165) is 5.56 Å². The molecule has 1 heterocycles. The van der Waals surface area contributed by atoms with Crippen molar-refractivity contribution in [2.75, 3.05) is 32.7 Å². The molecule has 0 unspecified atom stereocenters. The van der Waals surface area contributed by atoms with Gasteiger partial charge in [0.2, 0.25) is 0 Å². The van der Waals surface area contributed by atoms with E-state index in [1.54, 1.807) is 22.6 Å². The highest BCUT2D eigenvalue weighted by molar-refractivity contribution is 7.98. The molecule has 1 aromatic heterocycles. The SMILES string of the molecule is CSc1ccc(Cn2cc(COCC(CO)(CO)CO)nn2)cc1. The molecule has 0 radical (unpaired) electrons. The van der Waals surface area contributed by atoms with Crippen molar-refractivity contribution in [3.05, 3.63) is 41.7 Å². The van der Waals surface area contributed by atoms with Gasteiger partial charge in [0.05, 0.1) is 51.2 Å². The van der Waals surface area contributed by atoms with Crippen LogP contribution < -0.4 is 0 Å². The van der Waals surface area contributed by atoms with Crippen molar-refractivity contribution < 1.29 is 20.1 Å². The first-order chi connectivity index (χ1) is 11.6. The molecule has 0 saturated carbocycles. The molecule has 2 aromatic rings. The highest BCUT2D eigenvalue weighted by atomic mass is 32.2. The average Bonchev–Trinajstić information content (AvgIpc) is 3.07. The molecule has 0 aliphatic carbocycles. The van der Waals surface area contributed by atoms with Gasteiger partial charge < -0.3 is 20.1 Å². The van der Waals surface area contributed by atoms with Gasteiger partial charge in [-0.2, -0.15) is 0 Å². The van der Waals surface area contributed by atoms with Crippen LogP contribution >= 0.6 is 11.8 Å². The molecule has 0 aliphatic rings. The van der Waals surface area contributed by atoms with Gasteiger partial charge in [0.1, 0.15) is 5.69 Å². The second-order valence-corrected chi connectivity index (χ2v) is 6.60. The van der Waals surface area contributed by atoms with E-state index in [1.807, 2.05) is 6.26 Å². The van der Waals surface area contributed by atoms with Crippen LogP contribution in [0.5, 0.6) is 0 Å². The molecule has 0 amide bonds. The Labute approximate surface area is 145 Å².